The SMILES string of the molecule is CCNCC(COC)OCc1ccc(Br)cc1. The smallest absolute Gasteiger partial charge is 0.0936 e. The number of hydrogen-bond donors (Lipinski definition) is 1. The number of ether oxygens (including phenoxy) is 2. The molecule has 0 heterocycles. The van der Waals surface area contributed by atoms with Gasteiger partial charge in [0, 0.05) is 18.1 Å². The van der Waals surface area contributed by atoms with Crippen LogP contribution in [-0.4, -0.2) is 32.9 Å². The summed E-state index contributed by atoms with van der Waals surface area (Å²) in [6.07, 6.45) is 0.101. The normalized spacial score (nSPS) is 12.6. The lowest BCUT2D eigenvalue weighted by atomic mass is 10.2. The van der Waals surface area contributed by atoms with Gasteiger partial charge in [0.2, 0.25) is 0 Å². The minimum absolute atomic E-state index is 0.101. The van der Waals surface area contributed by atoms with E-state index in [2.05, 4.69) is 40.3 Å². The molecule has 4 heteroatoms. The minimum atomic E-state index is 0.101. The summed E-state index contributed by atoms with van der Waals surface area (Å²) in [6.45, 7) is 5.08. The number of hydrogen-bond acceptors (Lipinski definition) is 3. The van der Waals surface area contributed by atoms with E-state index in [0.717, 1.165) is 17.6 Å². The highest BCUT2D eigenvalue weighted by Crippen LogP contribution is 2.11. The summed E-state index contributed by atoms with van der Waals surface area (Å²) in [4.78, 5) is 0. The van der Waals surface area contributed by atoms with E-state index < -0.39 is 0 Å². The number of benzene rings is 1. The Bertz CT molecular complexity index is 303. The molecule has 1 atom stereocenters. The van der Waals surface area contributed by atoms with Crippen LogP contribution >= 0.6 is 15.9 Å². The summed E-state index contributed by atoms with van der Waals surface area (Å²) in [5.41, 5.74) is 1.17. The van der Waals surface area contributed by atoms with E-state index in [0.29, 0.717) is 13.2 Å². The number of rotatable bonds is 8. The second kappa shape index (κ2) is 8.64. The maximum Gasteiger partial charge on any atom is 0.0936 e. The van der Waals surface area contributed by atoms with Crippen LogP contribution in [0.2, 0.25) is 0 Å². The van der Waals surface area contributed by atoms with Gasteiger partial charge < -0.3 is 14.8 Å². The van der Waals surface area contributed by atoms with Crippen LogP contribution < -0.4 is 5.32 Å². The fourth-order valence-corrected chi connectivity index (χ4v) is 1.72. The molecular weight excluding hydrogens is 282 g/mol. The van der Waals surface area contributed by atoms with Crippen molar-refractivity contribution in [2.75, 3.05) is 26.8 Å². The largest absolute Gasteiger partial charge is 0.382 e. The van der Waals surface area contributed by atoms with E-state index in [-0.39, 0.29) is 6.10 Å². The maximum atomic E-state index is 5.81. The van der Waals surface area contributed by atoms with E-state index in [9.17, 15) is 0 Å². The van der Waals surface area contributed by atoms with Crippen molar-refractivity contribution in [2.24, 2.45) is 0 Å². The van der Waals surface area contributed by atoms with Gasteiger partial charge in [-0.2, -0.15) is 0 Å². The second-order valence-corrected chi connectivity index (χ2v) is 4.74. The monoisotopic (exact) mass is 301 g/mol. The van der Waals surface area contributed by atoms with Crippen LogP contribution in [-0.2, 0) is 16.1 Å². The molecule has 0 spiro atoms. The van der Waals surface area contributed by atoms with Crippen molar-refractivity contribution in [3.63, 3.8) is 0 Å². The molecular formula is C13H20BrNO2. The van der Waals surface area contributed by atoms with Crippen LogP contribution in [0, 0.1) is 0 Å². The molecule has 0 radical (unpaired) electrons. The van der Waals surface area contributed by atoms with Crippen molar-refractivity contribution in [1.82, 2.24) is 5.32 Å². The van der Waals surface area contributed by atoms with E-state index in [1.165, 1.54) is 5.56 Å². The molecule has 17 heavy (non-hydrogen) atoms. The van der Waals surface area contributed by atoms with Gasteiger partial charge in [-0.1, -0.05) is 35.0 Å². The van der Waals surface area contributed by atoms with E-state index in [1.807, 2.05) is 12.1 Å². The summed E-state index contributed by atoms with van der Waals surface area (Å²) < 4.78 is 12.0. The molecule has 0 bridgehead atoms. The Morgan fingerprint density at radius 3 is 2.59 bits per heavy atom. The standard InChI is InChI=1S/C13H20BrNO2/c1-3-15-8-13(10-16-2)17-9-11-4-6-12(14)7-5-11/h4-7,13,15H,3,8-10H2,1-2H3. The highest BCUT2D eigenvalue weighted by Gasteiger charge is 2.08. The first-order chi connectivity index (χ1) is 8.26. The molecule has 1 N–H and O–H groups in total. The summed E-state index contributed by atoms with van der Waals surface area (Å²) >= 11 is 3.41. The molecule has 1 rings (SSSR count). The summed E-state index contributed by atoms with van der Waals surface area (Å²) in [6, 6.07) is 8.16. The van der Waals surface area contributed by atoms with E-state index in [1.54, 1.807) is 7.11 Å². The average molecular weight is 302 g/mol. The lowest BCUT2D eigenvalue weighted by molar-refractivity contribution is -0.00985. The number of likely N-dealkylation sites (N-methyl/N-ethyl adjacent to an activating group) is 1. The Hall–Kier alpha value is -0.420. The molecule has 0 saturated heterocycles. The molecule has 0 saturated carbocycles. The number of methoxy groups -OCH3 is 1. The van der Waals surface area contributed by atoms with Gasteiger partial charge in [0.1, 0.15) is 0 Å². The lowest BCUT2D eigenvalue weighted by Gasteiger charge is -2.17. The molecule has 0 fully saturated rings. The lowest BCUT2D eigenvalue weighted by Crippen LogP contribution is -2.32. The van der Waals surface area contributed by atoms with Crippen LogP contribution in [0.5, 0.6) is 0 Å². The quantitative estimate of drug-likeness (QED) is 0.800. The Morgan fingerprint density at radius 2 is 2.00 bits per heavy atom. The molecule has 1 unspecified atom stereocenters. The van der Waals surface area contributed by atoms with Crippen LogP contribution in [0.15, 0.2) is 28.7 Å². The zero-order valence-corrected chi connectivity index (χ0v) is 12.0. The van der Waals surface area contributed by atoms with Crippen LogP contribution in [0.1, 0.15) is 12.5 Å². The van der Waals surface area contributed by atoms with Crippen molar-refractivity contribution in [3.05, 3.63) is 34.3 Å². The van der Waals surface area contributed by atoms with Gasteiger partial charge >= 0.3 is 0 Å². The first-order valence-electron chi connectivity index (χ1n) is 5.82. The zero-order valence-electron chi connectivity index (χ0n) is 10.4. The Labute approximate surface area is 112 Å². The first-order valence-corrected chi connectivity index (χ1v) is 6.61. The number of halogens is 1. The molecule has 0 amide bonds. The van der Waals surface area contributed by atoms with Crippen LogP contribution in [0.25, 0.3) is 0 Å². The molecule has 0 aliphatic carbocycles. The maximum absolute atomic E-state index is 5.81. The topological polar surface area (TPSA) is 30.5 Å². The van der Waals surface area contributed by atoms with E-state index in [4.69, 9.17) is 9.47 Å². The van der Waals surface area contributed by atoms with Crippen molar-refractivity contribution in [3.8, 4) is 0 Å². The van der Waals surface area contributed by atoms with Gasteiger partial charge in [0.15, 0.2) is 0 Å². The Balaban J connectivity index is 2.37. The fourth-order valence-electron chi connectivity index (χ4n) is 1.45. The summed E-state index contributed by atoms with van der Waals surface area (Å²) in [5, 5.41) is 3.27. The van der Waals surface area contributed by atoms with Gasteiger partial charge in [0.25, 0.3) is 0 Å². The predicted octanol–water partition coefficient (Wildman–Crippen LogP) is 2.59. The minimum Gasteiger partial charge on any atom is -0.382 e. The first kappa shape index (κ1) is 14.6. The molecule has 0 aliphatic rings. The molecule has 1 aromatic carbocycles. The van der Waals surface area contributed by atoms with Crippen LogP contribution in [0.4, 0.5) is 0 Å². The van der Waals surface area contributed by atoms with Crippen molar-refractivity contribution < 1.29 is 9.47 Å². The summed E-state index contributed by atoms with van der Waals surface area (Å²) in [5.74, 6) is 0. The number of nitrogens with one attached hydrogen (secondary N) is 1. The van der Waals surface area contributed by atoms with Crippen molar-refractivity contribution >= 4 is 15.9 Å². The van der Waals surface area contributed by atoms with Gasteiger partial charge in [-0.15, -0.1) is 0 Å². The zero-order chi connectivity index (χ0) is 12.5. The Kier molecular flexibility index (Phi) is 7.44. The average Bonchev–Trinajstić information content (AvgIpc) is 2.35. The van der Waals surface area contributed by atoms with Crippen molar-refractivity contribution in [2.45, 2.75) is 19.6 Å². The third-order valence-corrected chi connectivity index (χ3v) is 2.90. The van der Waals surface area contributed by atoms with Gasteiger partial charge in [-0.25, -0.2) is 0 Å². The third-order valence-electron chi connectivity index (χ3n) is 2.37. The third kappa shape index (κ3) is 6.17. The molecule has 0 aliphatic heterocycles. The van der Waals surface area contributed by atoms with Crippen molar-refractivity contribution in [1.29, 1.82) is 0 Å². The molecule has 0 aromatic heterocycles. The van der Waals surface area contributed by atoms with Gasteiger partial charge in [-0.3, -0.25) is 0 Å². The predicted molar refractivity (Wildman–Crippen MR) is 73.1 cm³/mol. The molecule has 3 nitrogen and oxygen atoms in total. The van der Waals surface area contributed by atoms with Gasteiger partial charge in [0.05, 0.1) is 19.3 Å². The van der Waals surface area contributed by atoms with E-state index >= 15 is 0 Å². The molecule has 1 aromatic rings. The highest BCUT2D eigenvalue weighted by molar-refractivity contribution is 9.10. The van der Waals surface area contributed by atoms with Crippen LogP contribution in [0.3, 0.4) is 0 Å². The highest BCUT2D eigenvalue weighted by atomic mass is 79.9. The second-order valence-electron chi connectivity index (χ2n) is 3.82. The summed E-state index contributed by atoms with van der Waals surface area (Å²) in [7, 11) is 1.70. The van der Waals surface area contributed by atoms with Gasteiger partial charge in [-0.05, 0) is 24.2 Å². The Morgan fingerprint density at radius 1 is 1.29 bits per heavy atom. The molecule has 96 valence electrons. The fraction of sp³-hybridized carbons (Fsp3) is 0.538.